The number of carbonyl (C=O) groups excluding carboxylic acids is 3. The number of H-pyrrole nitrogens is 1. The minimum Gasteiger partial charge on any atom is -0.356 e. The first kappa shape index (κ1) is 24.6. The quantitative estimate of drug-likeness (QED) is 0.177. The highest BCUT2D eigenvalue weighted by Gasteiger charge is 2.48. The molecule has 0 aliphatic carbocycles. The molecule has 2 aromatic heterocycles. The lowest BCUT2D eigenvalue weighted by molar-refractivity contribution is -0.158. The third-order valence-electron chi connectivity index (χ3n) is 7.85. The summed E-state index contributed by atoms with van der Waals surface area (Å²) in [6.07, 6.45) is 3.89. The first-order valence-electron chi connectivity index (χ1n) is 13.2. The molecule has 6 rings (SSSR count). The summed E-state index contributed by atoms with van der Waals surface area (Å²) in [5.74, 6) is -0.410. The van der Waals surface area contributed by atoms with Crippen LogP contribution in [0.1, 0.15) is 55.0 Å². The number of thiophene rings is 1. The predicted molar refractivity (Wildman–Crippen MR) is 146 cm³/mol. The second kappa shape index (κ2) is 10.2. The Morgan fingerprint density at radius 1 is 1.03 bits per heavy atom. The van der Waals surface area contributed by atoms with Crippen LogP contribution in [-0.4, -0.2) is 56.8 Å². The fourth-order valence-corrected chi connectivity index (χ4v) is 7.02. The number of aromatic amines is 1. The zero-order valence-electron chi connectivity index (χ0n) is 21.0. The zero-order valence-corrected chi connectivity index (χ0v) is 21.8. The molecule has 0 spiro atoms. The van der Waals surface area contributed by atoms with Crippen LogP contribution in [0.4, 0.5) is 0 Å². The fourth-order valence-electron chi connectivity index (χ4n) is 6.04. The Bertz CT molecular complexity index is 1530. The third-order valence-corrected chi connectivity index (χ3v) is 8.84. The van der Waals surface area contributed by atoms with Crippen molar-refractivity contribution < 1.29 is 19.6 Å². The topological polar surface area (TPSA) is 106 Å². The molecule has 0 unspecified atom stereocenters. The summed E-state index contributed by atoms with van der Waals surface area (Å²) in [6.45, 7) is 0.601. The van der Waals surface area contributed by atoms with Gasteiger partial charge < -0.3 is 14.8 Å². The van der Waals surface area contributed by atoms with Crippen molar-refractivity contribution in [2.24, 2.45) is 0 Å². The summed E-state index contributed by atoms with van der Waals surface area (Å²) >= 11 is 1.67. The van der Waals surface area contributed by atoms with Gasteiger partial charge in [-0.1, -0.05) is 49.2 Å². The van der Waals surface area contributed by atoms with Gasteiger partial charge in [-0.05, 0) is 46.9 Å². The number of unbranched alkanes of at least 4 members (excludes halogenated alkanes) is 3. The first-order chi connectivity index (χ1) is 18.6. The molecule has 1 saturated heterocycles. The molecule has 3 amide bonds. The van der Waals surface area contributed by atoms with Crippen molar-refractivity contribution in [2.75, 3.05) is 13.1 Å². The minimum atomic E-state index is -0.542. The highest BCUT2D eigenvalue weighted by atomic mass is 32.1. The van der Waals surface area contributed by atoms with E-state index in [0.29, 0.717) is 19.4 Å². The van der Waals surface area contributed by atoms with Crippen LogP contribution >= 0.6 is 11.3 Å². The summed E-state index contributed by atoms with van der Waals surface area (Å²) < 4.78 is 1.16. The lowest BCUT2D eigenvalue weighted by Crippen LogP contribution is -2.63. The summed E-state index contributed by atoms with van der Waals surface area (Å²) in [5.41, 5.74) is 5.86. The maximum atomic E-state index is 13.8. The van der Waals surface area contributed by atoms with E-state index in [1.54, 1.807) is 21.7 Å². The van der Waals surface area contributed by atoms with Gasteiger partial charge in [-0.15, -0.1) is 11.3 Å². The maximum absolute atomic E-state index is 13.8. The number of amides is 3. The molecule has 2 aliphatic heterocycles. The number of carbonyl (C=O) groups is 3. The Hall–Kier alpha value is -3.69. The van der Waals surface area contributed by atoms with Crippen LogP contribution in [0.25, 0.3) is 21.0 Å². The van der Waals surface area contributed by atoms with Gasteiger partial charge in [0.1, 0.15) is 6.04 Å². The molecule has 2 atom stereocenters. The van der Waals surface area contributed by atoms with E-state index >= 15 is 0 Å². The Balaban J connectivity index is 1.29. The number of nitrogens with zero attached hydrogens (tertiary/aromatic N) is 2. The van der Waals surface area contributed by atoms with E-state index in [4.69, 9.17) is 5.21 Å². The molecule has 8 nitrogen and oxygen atoms in total. The molecule has 0 saturated carbocycles. The standard InChI is InChI=1S/C29H30N4O4S/c34-25(31-37)13-3-1-2-8-14-32-16-26(35)33-23(29(32)36)15-20-18-9-4-6-11-22(18)30-27(20)28(33)21-17-38-24-12-7-5-10-19(21)24/h4-7,9-12,17,23,28,30,37H,1-3,8,13-16H2,(H,31,34)/t23-,28-/m0/s1. The molecule has 0 bridgehead atoms. The number of benzene rings is 2. The molecule has 38 heavy (non-hydrogen) atoms. The van der Waals surface area contributed by atoms with Crippen LogP contribution in [0.5, 0.6) is 0 Å². The average Bonchev–Trinajstić information content (AvgIpc) is 3.53. The molecule has 4 aromatic rings. The van der Waals surface area contributed by atoms with Crippen LogP contribution in [0.2, 0.25) is 0 Å². The molecule has 1 fully saturated rings. The van der Waals surface area contributed by atoms with Crippen molar-refractivity contribution >= 4 is 50.0 Å². The Morgan fingerprint density at radius 2 is 1.79 bits per heavy atom. The average molecular weight is 531 g/mol. The van der Waals surface area contributed by atoms with Gasteiger partial charge in [-0.2, -0.15) is 0 Å². The number of fused-ring (bicyclic) bond motifs is 5. The van der Waals surface area contributed by atoms with Gasteiger partial charge in [0.25, 0.3) is 0 Å². The number of rotatable bonds is 8. The van der Waals surface area contributed by atoms with E-state index in [1.165, 1.54) is 0 Å². The lowest BCUT2D eigenvalue weighted by atomic mass is 9.86. The number of hydrogen-bond acceptors (Lipinski definition) is 5. The number of hydrogen-bond donors (Lipinski definition) is 3. The first-order valence-corrected chi connectivity index (χ1v) is 14.0. The second-order valence-corrected chi connectivity index (χ2v) is 11.0. The van der Waals surface area contributed by atoms with Crippen molar-refractivity contribution in [3.05, 3.63) is 70.7 Å². The molecule has 4 heterocycles. The zero-order chi connectivity index (χ0) is 26.2. The monoisotopic (exact) mass is 530 g/mol. The van der Waals surface area contributed by atoms with Gasteiger partial charge in [0.05, 0.1) is 12.6 Å². The minimum absolute atomic E-state index is 0.00437. The van der Waals surface area contributed by atoms with Crippen molar-refractivity contribution in [1.29, 1.82) is 0 Å². The Kier molecular flexibility index (Phi) is 6.63. The molecular formula is C29H30N4O4S. The summed E-state index contributed by atoms with van der Waals surface area (Å²) in [5, 5.41) is 13.0. The third kappa shape index (κ3) is 4.25. The van der Waals surface area contributed by atoms with E-state index in [9.17, 15) is 14.4 Å². The van der Waals surface area contributed by atoms with Crippen molar-refractivity contribution in [1.82, 2.24) is 20.3 Å². The molecule has 0 radical (unpaired) electrons. The maximum Gasteiger partial charge on any atom is 0.246 e. The number of piperazine rings is 1. The largest absolute Gasteiger partial charge is 0.356 e. The normalized spacial score (nSPS) is 19.2. The van der Waals surface area contributed by atoms with E-state index in [0.717, 1.165) is 57.1 Å². The number of nitrogens with one attached hydrogen (secondary N) is 2. The van der Waals surface area contributed by atoms with Gasteiger partial charge in [-0.3, -0.25) is 19.6 Å². The SMILES string of the molecule is O=C(CCCCCCN1CC(=O)N2[C@@H](c3csc4ccccc34)c3[nH]c4ccccc4c3C[C@H]2C1=O)NO. The smallest absolute Gasteiger partial charge is 0.246 e. The number of aromatic nitrogens is 1. The van der Waals surface area contributed by atoms with Crippen molar-refractivity contribution in [3.8, 4) is 0 Å². The van der Waals surface area contributed by atoms with E-state index in [-0.39, 0.29) is 36.7 Å². The van der Waals surface area contributed by atoms with E-state index in [2.05, 4.69) is 34.6 Å². The highest BCUT2D eigenvalue weighted by molar-refractivity contribution is 7.17. The molecule has 2 aliphatic rings. The molecule has 3 N–H and O–H groups in total. The van der Waals surface area contributed by atoms with Gasteiger partial charge in [0.2, 0.25) is 17.7 Å². The lowest BCUT2D eigenvalue weighted by Gasteiger charge is -2.47. The number of hydroxylamine groups is 1. The number of para-hydroxylation sites is 1. The molecule has 2 aromatic carbocycles. The van der Waals surface area contributed by atoms with Crippen LogP contribution in [0.3, 0.4) is 0 Å². The van der Waals surface area contributed by atoms with Crippen LogP contribution in [-0.2, 0) is 20.8 Å². The van der Waals surface area contributed by atoms with E-state index < -0.39 is 6.04 Å². The predicted octanol–water partition coefficient (Wildman–Crippen LogP) is 4.52. The Labute approximate surface area is 224 Å². The fraction of sp³-hybridized carbons (Fsp3) is 0.345. The van der Waals surface area contributed by atoms with Gasteiger partial charge in [-0.25, -0.2) is 5.48 Å². The highest BCUT2D eigenvalue weighted by Crippen LogP contribution is 2.45. The van der Waals surface area contributed by atoms with Crippen molar-refractivity contribution in [2.45, 2.75) is 50.6 Å². The molecule has 196 valence electrons. The summed E-state index contributed by atoms with van der Waals surface area (Å²) in [7, 11) is 0. The Morgan fingerprint density at radius 3 is 2.63 bits per heavy atom. The van der Waals surface area contributed by atoms with Gasteiger partial charge in [0, 0.05) is 40.7 Å². The molecule has 9 heteroatoms. The van der Waals surface area contributed by atoms with Crippen LogP contribution < -0.4 is 5.48 Å². The summed E-state index contributed by atoms with van der Waals surface area (Å²) in [4.78, 5) is 45.9. The van der Waals surface area contributed by atoms with Crippen molar-refractivity contribution in [3.63, 3.8) is 0 Å². The second-order valence-electron chi connectivity index (χ2n) is 10.1. The van der Waals surface area contributed by atoms with Crippen LogP contribution in [0, 0.1) is 0 Å². The van der Waals surface area contributed by atoms with Gasteiger partial charge >= 0.3 is 0 Å². The van der Waals surface area contributed by atoms with Gasteiger partial charge in [0.15, 0.2) is 0 Å². The molecular weight excluding hydrogens is 500 g/mol. The van der Waals surface area contributed by atoms with E-state index in [1.807, 2.05) is 29.2 Å². The van der Waals surface area contributed by atoms with Crippen LogP contribution in [0.15, 0.2) is 53.9 Å². The summed E-state index contributed by atoms with van der Waals surface area (Å²) in [6, 6.07) is 15.5.